The number of carbonyl (C=O) groups excluding carboxylic acids is 1. The minimum absolute atomic E-state index is 0.00288. The van der Waals surface area contributed by atoms with E-state index in [1.807, 2.05) is 84.8 Å². The lowest BCUT2D eigenvalue weighted by Crippen LogP contribution is -2.33. The summed E-state index contributed by atoms with van der Waals surface area (Å²) in [5, 5.41) is 2.03. The van der Waals surface area contributed by atoms with Crippen molar-refractivity contribution in [3.05, 3.63) is 82.0 Å². The van der Waals surface area contributed by atoms with E-state index in [0.29, 0.717) is 32.1 Å². The van der Waals surface area contributed by atoms with Crippen LogP contribution in [0.15, 0.2) is 66.0 Å². The lowest BCUT2D eigenvalue weighted by Gasteiger charge is -2.23. The SMILES string of the molecule is CCOc1ccc(CN(Cc2cccs2)C(=O)COc2ccc(C[C@H](C)OCC)cc2)cc1. The number of hydrogen-bond acceptors (Lipinski definition) is 5. The second kappa shape index (κ2) is 13.0. The number of nitrogens with zero attached hydrogens (tertiary/aromatic N) is 1. The van der Waals surface area contributed by atoms with Gasteiger partial charge in [0, 0.05) is 18.0 Å². The van der Waals surface area contributed by atoms with Crippen LogP contribution in [0.3, 0.4) is 0 Å². The van der Waals surface area contributed by atoms with Crippen LogP contribution in [-0.2, 0) is 29.0 Å². The molecule has 5 nitrogen and oxygen atoms in total. The van der Waals surface area contributed by atoms with E-state index in [1.165, 1.54) is 5.56 Å². The van der Waals surface area contributed by atoms with Crippen LogP contribution in [0.2, 0.25) is 0 Å². The van der Waals surface area contributed by atoms with E-state index in [-0.39, 0.29) is 18.6 Å². The third kappa shape index (κ3) is 8.22. The molecule has 0 aliphatic carbocycles. The summed E-state index contributed by atoms with van der Waals surface area (Å²) in [5.74, 6) is 1.47. The van der Waals surface area contributed by atoms with Gasteiger partial charge < -0.3 is 19.1 Å². The van der Waals surface area contributed by atoms with Crippen LogP contribution in [-0.4, -0.2) is 36.7 Å². The standard InChI is InChI=1S/C27H33NO4S/c1-4-30-21(3)17-22-8-12-25(13-9-22)32-20-27(29)28(19-26-7-6-16-33-26)18-23-10-14-24(15-11-23)31-5-2/h6-16,21H,4-5,17-20H2,1-3H3/t21-/m0/s1. The fraction of sp³-hybridized carbons (Fsp3) is 0.370. The van der Waals surface area contributed by atoms with Gasteiger partial charge in [0.1, 0.15) is 11.5 Å². The quantitative estimate of drug-likeness (QED) is 0.322. The van der Waals surface area contributed by atoms with E-state index < -0.39 is 0 Å². The summed E-state index contributed by atoms with van der Waals surface area (Å²) in [6.45, 7) is 8.44. The van der Waals surface area contributed by atoms with Gasteiger partial charge in [-0.15, -0.1) is 11.3 Å². The van der Waals surface area contributed by atoms with E-state index >= 15 is 0 Å². The smallest absolute Gasteiger partial charge is 0.261 e. The molecule has 1 heterocycles. The Morgan fingerprint density at radius 3 is 2.15 bits per heavy atom. The van der Waals surface area contributed by atoms with Crippen LogP contribution in [0.4, 0.5) is 0 Å². The predicted octanol–water partition coefficient (Wildman–Crippen LogP) is 5.72. The molecule has 1 amide bonds. The van der Waals surface area contributed by atoms with Gasteiger partial charge in [-0.1, -0.05) is 30.3 Å². The molecule has 3 rings (SSSR count). The van der Waals surface area contributed by atoms with Gasteiger partial charge >= 0.3 is 0 Å². The van der Waals surface area contributed by atoms with Gasteiger partial charge in [0.15, 0.2) is 6.61 Å². The van der Waals surface area contributed by atoms with Crippen LogP contribution >= 0.6 is 11.3 Å². The molecule has 6 heteroatoms. The second-order valence-corrected chi connectivity index (χ2v) is 8.84. The number of benzene rings is 2. The van der Waals surface area contributed by atoms with Gasteiger partial charge in [-0.25, -0.2) is 0 Å². The Morgan fingerprint density at radius 1 is 0.879 bits per heavy atom. The molecule has 0 bridgehead atoms. The fourth-order valence-corrected chi connectivity index (χ4v) is 4.25. The normalized spacial score (nSPS) is 11.7. The summed E-state index contributed by atoms with van der Waals surface area (Å²) in [6.07, 6.45) is 1.03. The van der Waals surface area contributed by atoms with Crippen molar-refractivity contribution in [2.24, 2.45) is 0 Å². The largest absolute Gasteiger partial charge is 0.494 e. The van der Waals surface area contributed by atoms with Crippen molar-refractivity contribution < 1.29 is 19.0 Å². The molecule has 0 aliphatic rings. The van der Waals surface area contributed by atoms with Crippen LogP contribution in [0.1, 0.15) is 36.8 Å². The van der Waals surface area contributed by atoms with Crippen molar-refractivity contribution in [2.75, 3.05) is 19.8 Å². The van der Waals surface area contributed by atoms with Gasteiger partial charge in [-0.2, -0.15) is 0 Å². The molecular weight excluding hydrogens is 434 g/mol. The van der Waals surface area contributed by atoms with E-state index in [2.05, 4.69) is 6.92 Å². The Balaban J connectivity index is 1.60. The number of ether oxygens (including phenoxy) is 3. The minimum atomic E-state index is -0.0497. The van der Waals surface area contributed by atoms with Gasteiger partial charge in [0.05, 0.1) is 19.3 Å². The van der Waals surface area contributed by atoms with E-state index in [9.17, 15) is 4.79 Å². The summed E-state index contributed by atoms with van der Waals surface area (Å²) in [7, 11) is 0. The molecule has 33 heavy (non-hydrogen) atoms. The van der Waals surface area contributed by atoms with Gasteiger partial charge in [0.25, 0.3) is 5.91 Å². The monoisotopic (exact) mass is 467 g/mol. The van der Waals surface area contributed by atoms with E-state index in [4.69, 9.17) is 14.2 Å². The molecule has 0 unspecified atom stereocenters. The van der Waals surface area contributed by atoms with Crippen LogP contribution in [0.25, 0.3) is 0 Å². The Morgan fingerprint density at radius 2 is 1.55 bits per heavy atom. The summed E-state index contributed by atoms with van der Waals surface area (Å²) in [6, 6.07) is 19.8. The molecule has 1 aromatic heterocycles. The van der Waals surface area contributed by atoms with Crippen molar-refractivity contribution in [1.29, 1.82) is 0 Å². The van der Waals surface area contributed by atoms with Crippen LogP contribution in [0.5, 0.6) is 11.5 Å². The van der Waals surface area contributed by atoms with Gasteiger partial charge in [-0.3, -0.25) is 4.79 Å². The fourth-order valence-electron chi connectivity index (χ4n) is 3.53. The molecular formula is C27H33NO4S. The Labute approximate surface area is 200 Å². The number of hydrogen-bond donors (Lipinski definition) is 0. The molecule has 0 saturated heterocycles. The first-order chi connectivity index (χ1) is 16.1. The molecule has 0 saturated carbocycles. The number of amides is 1. The van der Waals surface area contributed by atoms with Gasteiger partial charge in [0.2, 0.25) is 0 Å². The highest BCUT2D eigenvalue weighted by Crippen LogP contribution is 2.19. The summed E-state index contributed by atoms with van der Waals surface area (Å²) < 4.78 is 17.0. The first kappa shape index (κ1) is 24.8. The second-order valence-electron chi connectivity index (χ2n) is 7.81. The molecule has 0 spiro atoms. The average molecular weight is 468 g/mol. The van der Waals surface area contributed by atoms with Crippen LogP contribution in [0, 0.1) is 0 Å². The maximum absolute atomic E-state index is 13.1. The number of carbonyl (C=O) groups is 1. The molecule has 2 aromatic carbocycles. The molecule has 0 fully saturated rings. The molecule has 0 radical (unpaired) electrons. The van der Waals surface area contributed by atoms with Crippen molar-refractivity contribution >= 4 is 17.2 Å². The lowest BCUT2D eigenvalue weighted by molar-refractivity contribution is -0.134. The molecule has 176 valence electrons. The third-order valence-electron chi connectivity index (χ3n) is 5.15. The van der Waals surface area contributed by atoms with Crippen molar-refractivity contribution in [1.82, 2.24) is 4.90 Å². The Kier molecular flexibility index (Phi) is 9.78. The third-order valence-corrected chi connectivity index (χ3v) is 6.01. The average Bonchev–Trinajstić information content (AvgIpc) is 3.33. The highest BCUT2D eigenvalue weighted by Gasteiger charge is 2.16. The highest BCUT2D eigenvalue weighted by atomic mass is 32.1. The Hall–Kier alpha value is -2.83. The van der Waals surface area contributed by atoms with E-state index in [1.54, 1.807) is 11.3 Å². The van der Waals surface area contributed by atoms with Crippen molar-refractivity contribution in [2.45, 2.75) is 46.4 Å². The zero-order chi connectivity index (χ0) is 23.5. The van der Waals surface area contributed by atoms with Gasteiger partial charge in [-0.05, 0) is 74.0 Å². The minimum Gasteiger partial charge on any atom is -0.494 e. The first-order valence-electron chi connectivity index (χ1n) is 11.4. The van der Waals surface area contributed by atoms with Crippen molar-refractivity contribution in [3.63, 3.8) is 0 Å². The zero-order valence-electron chi connectivity index (χ0n) is 19.7. The number of rotatable bonds is 13. The Bertz CT molecular complexity index is 955. The highest BCUT2D eigenvalue weighted by molar-refractivity contribution is 7.09. The molecule has 0 aliphatic heterocycles. The maximum atomic E-state index is 13.1. The maximum Gasteiger partial charge on any atom is 0.261 e. The summed E-state index contributed by atoms with van der Waals surface area (Å²) in [5.41, 5.74) is 2.24. The summed E-state index contributed by atoms with van der Waals surface area (Å²) >= 11 is 1.65. The lowest BCUT2D eigenvalue weighted by atomic mass is 10.1. The number of thiophene rings is 1. The molecule has 0 N–H and O–H groups in total. The predicted molar refractivity (Wildman–Crippen MR) is 133 cm³/mol. The zero-order valence-corrected chi connectivity index (χ0v) is 20.5. The molecule has 1 atom stereocenters. The topological polar surface area (TPSA) is 48.0 Å². The first-order valence-corrected chi connectivity index (χ1v) is 12.3. The van der Waals surface area contributed by atoms with E-state index in [0.717, 1.165) is 22.6 Å². The summed E-state index contributed by atoms with van der Waals surface area (Å²) in [4.78, 5) is 16.0. The van der Waals surface area contributed by atoms with Crippen LogP contribution < -0.4 is 9.47 Å². The molecule has 3 aromatic rings. The van der Waals surface area contributed by atoms with Crippen molar-refractivity contribution in [3.8, 4) is 11.5 Å².